The molecule has 0 bridgehead atoms. The van der Waals surface area contributed by atoms with Gasteiger partial charge in [-0.05, 0) is 23.8 Å². The minimum atomic E-state index is -3.87. The Morgan fingerprint density at radius 2 is 1.50 bits per heavy atom. The standard InChI is InChI=1S/C12H7Cl4NO2S/c13-8-3-2-7(11(15)12(8)16)6-1-4-10(9(14)5-6)20(17,18)19/h1-5H,(H2,17,18,19). The maximum absolute atomic E-state index is 11.3. The highest BCUT2D eigenvalue weighted by molar-refractivity contribution is 7.89. The summed E-state index contributed by atoms with van der Waals surface area (Å²) in [6.07, 6.45) is 0. The van der Waals surface area contributed by atoms with Crippen LogP contribution in [0.3, 0.4) is 0 Å². The Balaban J connectivity index is 2.62. The molecule has 0 heterocycles. The Bertz CT molecular complexity index is 790. The second-order valence-electron chi connectivity index (χ2n) is 3.91. The predicted octanol–water partition coefficient (Wildman–Crippen LogP) is 4.61. The van der Waals surface area contributed by atoms with Gasteiger partial charge < -0.3 is 0 Å². The van der Waals surface area contributed by atoms with Crippen LogP contribution in [0, 0.1) is 0 Å². The fourth-order valence-corrected chi connectivity index (χ4v) is 3.38. The zero-order valence-corrected chi connectivity index (χ0v) is 13.5. The second-order valence-corrected chi connectivity index (χ2v) is 7.01. The van der Waals surface area contributed by atoms with E-state index in [0.717, 1.165) is 0 Å². The number of halogens is 4. The lowest BCUT2D eigenvalue weighted by Crippen LogP contribution is -2.12. The van der Waals surface area contributed by atoms with E-state index in [4.69, 9.17) is 51.5 Å². The summed E-state index contributed by atoms with van der Waals surface area (Å²) in [6.45, 7) is 0. The number of sulfonamides is 1. The van der Waals surface area contributed by atoms with E-state index >= 15 is 0 Å². The van der Waals surface area contributed by atoms with Gasteiger partial charge in [0.2, 0.25) is 10.0 Å². The van der Waals surface area contributed by atoms with E-state index in [0.29, 0.717) is 16.1 Å². The highest BCUT2D eigenvalue weighted by atomic mass is 35.5. The van der Waals surface area contributed by atoms with Crippen LogP contribution in [-0.4, -0.2) is 8.42 Å². The molecule has 0 unspecified atom stereocenters. The number of benzene rings is 2. The molecule has 0 radical (unpaired) electrons. The van der Waals surface area contributed by atoms with Crippen LogP contribution in [0.25, 0.3) is 11.1 Å². The minimum Gasteiger partial charge on any atom is -0.225 e. The van der Waals surface area contributed by atoms with Crippen molar-refractivity contribution in [3.63, 3.8) is 0 Å². The molecule has 2 aromatic rings. The summed E-state index contributed by atoms with van der Waals surface area (Å²) in [5, 5.41) is 5.86. The smallest absolute Gasteiger partial charge is 0.225 e. The molecule has 0 amide bonds. The quantitative estimate of drug-likeness (QED) is 0.784. The summed E-state index contributed by atoms with van der Waals surface area (Å²) in [5.74, 6) is 0. The van der Waals surface area contributed by atoms with Gasteiger partial charge >= 0.3 is 0 Å². The Labute approximate surface area is 136 Å². The summed E-state index contributed by atoms with van der Waals surface area (Å²) in [6, 6.07) is 7.56. The van der Waals surface area contributed by atoms with Gasteiger partial charge in [-0.15, -0.1) is 0 Å². The van der Waals surface area contributed by atoms with Crippen LogP contribution in [0.2, 0.25) is 20.1 Å². The van der Waals surface area contributed by atoms with Crippen molar-refractivity contribution in [3.05, 3.63) is 50.4 Å². The topological polar surface area (TPSA) is 60.2 Å². The van der Waals surface area contributed by atoms with Crippen LogP contribution in [0.15, 0.2) is 35.2 Å². The maximum Gasteiger partial charge on any atom is 0.239 e. The Morgan fingerprint density at radius 3 is 2.05 bits per heavy atom. The molecule has 0 fully saturated rings. The molecule has 0 atom stereocenters. The van der Waals surface area contributed by atoms with Gasteiger partial charge in [-0.2, -0.15) is 0 Å². The Hall–Kier alpha value is -0.490. The first kappa shape index (κ1) is 15.9. The molecule has 2 rings (SSSR count). The fourth-order valence-electron chi connectivity index (χ4n) is 1.65. The van der Waals surface area contributed by atoms with Gasteiger partial charge in [-0.1, -0.05) is 58.5 Å². The average molecular weight is 371 g/mol. The van der Waals surface area contributed by atoms with Gasteiger partial charge in [0.1, 0.15) is 4.90 Å². The summed E-state index contributed by atoms with van der Waals surface area (Å²) < 4.78 is 22.6. The minimum absolute atomic E-state index is 0.00661. The largest absolute Gasteiger partial charge is 0.239 e. The first-order chi connectivity index (χ1) is 9.21. The van der Waals surface area contributed by atoms with Crippen LogP contribution >= 0.6 is 46.4 Å². The Kier molecular flexibility index (Phi) is 4.54. The molecule has 0 aliphatic rings. The van der Waals surface area contributed by atoms with Crippen LogP contribution in [0.5, 0.6) is 0 Å². The van der Waals surface area contributed by atoms with Crippen LogP contribution in [0.4, 0.5) is 0 Å². The van der Waals surface area contributed by atoms with Crippen molar-refractivity contribution in [2.45, 2.75) is 4.90 Å². The van der Waals surface area contributed by atoms with E-state index in [1.165, 1.54) is 18.2 Å². The van der Waals surface area contributed by atoms with Gasteiger partial charge in [0, 0.05) is 5.56 Å². The lowest BCUT2D eigenvalue weighted by atomic mass is 10.1. The van der Waals surface area contributed by atoms with Crippen LogP contribution in [0.1, 0.15) is 0 Å². The number of rotatable bonds is 2. The normalized spacial score (nSPS) is 11.7. The molecular formula is C12H7Cl4NO2S. The third-order valence-corrected chi connectivity index (χ3v) is 5.27. The van der Waals surface area contributed by atoms with E-state index in [2.05, 4.69) is 0 Å². The molecule has 8 heteroatoms. The monoisotopic (exact) mass is 369 g/mol. The maximum atomic E-state index is 11.3. The molecule has 0 aliphatic carbocycles. The van der Waals surface area contributed by atoms with E-state index < -0.39 is 10.0 Å². The molecule has 0 spiro atoms. The lowest BCUT2D eigenvalue weighted by molar-refractivity contribution is 0.598. The van der Waals surface area contributed by atoms with Crippen LogP contribution < -0.4 is 5.14 Å². The van der Waals surface area contributed by atoms with Gasteiger partial charge in [0.05, 0.1) is 20.1 Å². The van der Waals surface area contributed by atoms with Gasteiger partial charge in [-0.3, -0.25) is 0 Å². The Morgan fingerprint density at radius 1 is 0.850 bits per heavy atom. The van der Waals surface area contributed by atoms with E-state index in [1.54, 1.807) is 12.1 Å². The number of nitrogens with two attached hydrogens (primary N) is 1. The molecular weight excluding hydrogens is 364 g/mol. The molecule has 20 heavy (non-hydrogen) atoms. The van der Waals surface area contributed by atoms with E-state index in [9.17, 15) is 8.42 Å². The van der Waals surface area contributed by atoms with Gasteiger partial charge in [0.15, 0.2) is 0 Å². The van der Waals surface area contributed by atoms with Crippen molar-refractivity contribution in [2.24, 2.45) is 5.14 Å². The van der Waals surface area contributed by atoms with E-state index in [1.807, 2.05) is 0 Å². The number of hydrogen-bond acceptors (Lipinski definition) is 2. The van der Waals surface area contributed by atoms with Crippen molar-refractivity contribution in [3.8, 4) is 11.1 Å². The first-order valence-electron chi connectivity index (χ1n) is 5.18. The lowest BCUT2D eigenvalue weighted by Gasteiger charge is -2.09. The zero-order chi connectivity index (χ0) is 15.1. The zero-order valence-electron chi connectivity index (χ0n) is 9.70. The third-order valence-electron chi connectivity index (χ3n) is 2.58. The molecule has 0 saturated carbocycles. The average Bonchev–Trinajstić information content (AvgIpc) is 2.34. The number of hydrogen-bond donors (Lipinski definition) is 1. The molecule has 0 aromatic heterocycles. The fraction of sp³-hybridized carbons (Fsp3) is 0. The van der Waals surface area contributed by atoms with Crippen LogP contribution in [-0.2, 0) is 10.0 Å². The molecule has 3 nitrogen and oxygen atoms in total. The molecule has 0 saturated heterocycles. The number of primary sulfonamides is 1. The summed E-state index contributed by atoms with van der Waals surface area (Å²) in [4.78, 5) is -0.154. The van der Waals surface area contributed by atoms with E-state index in [-0.39, 0.29) is 20.0 Å². The molecule has 106 valence electrons. The molecule has 2 aromatic carbocycles. The second kappa shape index (κ2) is 5.72. The summed E-state index contributed by atoms with van der Waals surface area (Å²) >= 11 is 23.9. The van der Waals surface area contributed by atoms with Gasteiger partial charge in [-0.25, -0.2) is 13.6 Å². The molecule has 0 aliphatic heterocycles. The SMILES string of the molecule is NS(=O)(=O)c1ccc(-c2ccc(Cl)c(Cl)c2Cl)cc1Cl. The van der Waals surface area contributed by atoms with Crippen molar-refractivity contribution >= 4 is 56.4 Å². The first-order valence-corrected chi connectivity index (χ1v) is 8.24. The van der Waals surface area contributed by atoms with Crippen molar-refractivity contribution in [1.29, 1.82) is 0 Å². The van der Waals surface area contributed by atoms with Crippen molar-refractivity contribution in [2.75, 3.05) is 0 Å². The summed E-state index contributed by atoms with van der Waals surface area (Å²) in [5.41, 5.74) is 1.19. The van der Waals surface area contributed by atoms with Crippen molar-refractivity contribution in [1.82, 2.24) is 0 Å². The molecule has 2 N–H and O–H groups in total. The summed E-state index contributed by atoms with van der Waals surface area (Å²) in [7, 11) is -3.87. The van der Waals surface area contributed by atoms with Gasteiger partial charge in [0.25, 0.3) is 0 Å². The third kappa shape index (κ3) is 3.06. The highest BCUT2D eigenvalue weighted by Gasteiger charge is 2.16. The predicted molar refractivity (Wildman–Crippen MR) is 83.3 cm³/mol. The van der Waals surface area contributed by atoms with Crippen molar-refractivity contribution < 1.29 is 8.42 Å². The highest BCUT2D eigenvalue weighted by Crippen LogP contribution is 2.39.